The van der Waals surface area contributed by atoms with E-state index in [1.807, 2.05) is 18.2 Å². The molecule has 0 spiro atoms. The van der Waals surface area contributed by atoms with E-state index < -0.39 is 0 Å². The Morgan fingerprint density at radius 3 is 2.78 bits per heavy atom. The Morgan fingerprint density at radius 1 is 1.17 bits per heavy atom. The highest BCUT2D eigenvalue weighted by Gasteiger charge is 2.20. The Balaban J connectivity index is 1.46. The number of unbranched alkanes of at least 4 members (excludes halogenated alkanes) is 1. The number of fused-ring (bicyclic) bond motifs is 1. The van der Waals surface area contributed by atoms with E-state index in [0.29, 0.717) is 10.0 Å². The number of halogens is 2. The van der Waals surface area contributed by atoms with Gasteiger partial charge in [0, 0.05) is 20.1 Å². The normalized spacial score (nSPS) is 14.9. The summed E-state index contributed by atoms with van der Waals surface area (Å²) >= 11 is 12.0. The van der Waals surface area contributed by atoms with Crippen molar-refractivity contribution in [3.63, 3.8) is 0 Å². The van der Waals surface area contributed by atoms with Crippen molar-refractivity contribution in [2.75, 3.05) is 13.1 Å². The lowest BCUT2D eigenvalue weighted by atomic mass is 10.1. The van der Waals surface area contributed by atoms with E-state index >= 15 is 0 Å². The molecule has 0 saturated carbocycles. The van der Waals surface area contributed by atoms with Crippen molar-refractivity contribution in [3.8, 4) is 0 Å². The lowest BCUT2D eigenvalue weighted by Gasteiger charge is -2.26. The molecule has 0 radical (unpaired) electrons. The molecule has 23 heavy (non-hydrogen) atoms. The molecule has 124 valence electrons. The first-order chi connectivity index (χ1) is 11.0. The molecule has 1 aliphatic heterocycles. The van der Waals surface area contributed by atoms with E-state index in [1.54, 1.807) is 11.6 Å². The molecule has 1 aromatic carbocycles. The summed E-state index contributed by atoms with van der Waals surface area (Å²) in [6.45, 7) is 3.41. The molecule has 0 fully saturated rings. The Labute approximate surface area is 145 Å². The second kappa shape index (κ2) is 7.07. The van der Waals surface area contributed by atoms with Crippen molar-refractivity contribution in [3.05, 3.63) is 50.1 Å². The van der Waals surface area contributed by atoms with E-state index in [9.17, 15) is 4.79 Å². The fraction of sp³-hybridized carbons (Fsp3) is 0.500. The van der Waals surface area contributed by atoms with Gasteiger partial charge in [-0.3, -0.25) is 9.47 Å². The summed E-state index contributed by atoms with van der Waals surface area (Å²) in [5, 5.41) is 5.51. The van der Waals surface area contributed by atoms with E-state index in [1.165, 1.54) is 10.2 Å². The highest BCUT2D eigenvalue weighted by Crippen LogP contribution is 2.23. The third kappa shape index (κ3) is 3.79. The van der Waals surface area contributed by atoms with Crippen molar-refractivity contribution in [1.82, 2.24) is 19.2 Å². The average Bonchev–Trinajstić information content (AvgIpc) is 2.81. The molecule has 7 heteroatoms. The quantitative estimate of drug-likeness (QED) is 0.775. The van der Waals surface area contributed by atoms with Crippen LogP contribution in [0.4, 0.5) is 0 Å². The number of benzene rings is 1. The topological polar surface area (TPSA) is 43.1 Å². The van der Waals surface area contributed by atoms with Crippen LogP contribution in [-0.2, 0) is 26.6 Å². The third-order valence-corrected chi connectivity index (χ3v) is 5.00. The highest BCUT2D eigenvalue weighted by atomic mass is 35.5. The number of rotatable bonds is 5. The van der Waals surface area contributed by atoms with Gasteiger partial charge in [-0.2, -0.15) is 5.10 Å². The number of hydrogen-bond donors (Lipinski definition) is 0. The first-order valence-electron chi connectivity index (χ1n) is 7.83. The largest absolute Gasteiger partial charge is 0.345 e. The van der Waals surface area contributed by atoms with Crippen LogP contribution in [0.2, 0.25) is 10.0 Å². The third-order valence-electron chi connectivity index (χ3n) is 4.26. The predicted octanol–water partition coefficient (Wildman–Crippen LogP) is 2.73. The van der Waals surface area contributed by atoms with Crippen LogP contribution in [0, 0.1) is 0 Å². The Morgan fingerprint density at radius 2 is 2.00 bits per heavy atom. The van der Waals surface area contributed by atoms with Crippen molar-refractivity contribution in [1.29, 1.82) is 0 Å². The molecule has 1 aliphatic rings. The number of hydrogen-bond acceptors (Lipinski definition) is 3. The molecule has 0 saturated heterocycles. The summed E-state index contributed by atoms with van der Waals surface area (Å²) in [4.78, 5) is 14.2. The molecule has 0 N–H and O–H groups in total. The van der Waals surface area contributed by atoms with Crippen molar-refractivity contribution < 1.29 is 0 Å². The first kappa shape index (κ1) is 16.6. The Kier molecular flexibility index (Phi) is 5.09. The smallest absolute Gasteiger partial charge is 0.294 e. The van der Waals surface area contributed by atoms with Gasteiger partial charge in [0.1, 0.15) is 5.82 Å². The van der Waals surface area contributed by atoms with Crippen molar-refractivity contribution in [2.45, 2.75) is 32.4 Å². The van der Waals surface area contributed by atoms with Crippen LogP contribution in [0.25, 0.3) is 0 Å². The molecular weight excluding hydrogens is 335 g/mol. The lowest BCUT2D eigenvalue weighted by Crippen LogP contribution is -2.37. The van der Waals surface area contributed by atoms with E-state index in [2.05, 4.69) is 10.00 Å². The Hall–Kier alpha value is -1.30. The summed E-state index contributed by atoms with van der Waals surface area (Å²) < 4.78 is 3.19. The lowest BCUT2D eigenvalue weighted by molar-refractivity contribution is 0.211. The van der Waals surface area contributed by atoms with E-state index in [4.69, 9.17) is 23.2 Å². The minimum absolute atomic E-state index is 0.0146. The van der Waals surface area contributed by atoms with Gasteiger partial charge in [0.25, 0.3) is 0 Å². The average molecular weight is 355 g/mol. The van der Waals surface area contributed by atoms with Gasteiger partial charge in [0.15, 0.2) is 0 Å². The summed E-state index contributed by atoms with van der Waals surface area (Å²) in [6, 6.07) is 5.82. The number of nitrogens with zero attached hydrogens (tertiary/aromatic N) is 4. The second-order valence-electron chi connectivity index (χ2n) is 5.96. The molecule has 2 aromatic rings. The summed E-state index contributed by atoms with van der Waals surface area (Å²) in [6.07, 6.45) is 3.21. The molecule has 0 amide bonds. The minimum atomic E-state index is -0.0146. The zero-order valence-corrected chi connectivity index (χ0v) is 14.6. The molecular formula is C16H20Cl2N4O. The van der Waals surface area contributed by atoms with Crippen LogP contribution in [0.3, 0.4) is 0 Å². The van der Waals surface area contributed by atoms with Gasteiger partial charge in [-0.05, 0) is 43.5 Å². The number of aryl methyl sites for hydroxylation is 2. The monoisotopic (exact) mass is 354 g/mol. The van der Waals surface area contributed by atoms with E-state index in [-0.39, 0.29) is 5.69 Å². The molecule has 0 aliphatic carbocycles. The molecule has 5 nitrogen and oxygen atoms in total. The number of aromatic nitrogens is 3. The van der Waals surface area contributed by atoms with Gasteiger partial charge < -0.3 is 0 Å². The van der Waals surface area contributed by atoms with Crippen molar-refractivity contribution in [2.24, 2.45) is 7.05 Å². The summed E-state index contributed by atoms with van der Waals surface area (Å²) in [7, 11) is 1.70. The van der Waals surface area contributed by atoms with Crippen LogP contribution in [-0.4, -0.2) is 32.3 Å². The van der Waals surface area contributed by atoms with Crippen LogP contribution in [0.5, 0.6) is 0 Å². The van der Waals surface area contributed by atoms with Crippen LogP contribution in [0.15, 0.2) is 23.0 Å². The van der Waals surface area contributed by atoms with Gasteiger partial charge in [0.2, 0.25) is 0 Å². The maximum absolute atomic E-state index is 11.8. The van der Waals surface area contributed by atoms with Gasteiger partial charge in [-0.1, -0.05) is 29.3 Å². The van der Waals surface area contributed by atoms with Crippen LogP contribution >= 0.6 is 23.2 Å². The predicted molar refractivity (Wildman–Crippen MR) is 92.1 cm³/mol. The first-order valence-corrected chi connectivity index (χ1v) is 8.59. The molecule has 3 rings (SSSR count). The van der Waals surface area contributed by atoms with Crippen molar-refractivity contribution >= 4 is 23.2 Å². The zero-order valence-electron chi connectivity index (χ0n) is 13.1. The van der Waals surface area contributed by atoms with Gasteiger partial charge in [-0.25, -0.2) is 9.48 Å². The molecule has 0 atom stereocenters. The fourth-order valence-electron chi connectivity index (χ4n) is 2.97. The molecule has 0 bridgehead atoms. The van der Waals surface area contributed by atoms with E-state index in [0.717, 1.165) is 51.3 Å². The second-order valence-corrected chi connectivity index (χ2v) is 6.77. The van der Waals surface area contributed by atoms with Gasteiger partial charge in [0.05, 0.1) is 16.6 Å². The van der Waals surface area contributed by atoms with Crippen LogP contribution in [0.1, 0.15) is 24.2 Å². The highest BCUT2D eigenvalue weighted by molar-refractivity contribution is 6.42. The molecule has 2 heterocycles. The SMILES string of the molecule is Cn1nc2n(c1=O)CCN(CCCCc1ccc(Cl)c(Cl)c1)C2. The maximum Gasteiger partial charge on any atom is 0.345 e. The maximum atomic E-state index is 11.8. The Bertz CT molecular complexity index is 753. The summed E-state index contributed by atoms with van der Waals surface area (Å²) in [5.74, 6) is 0.869. The zero-order chi connectivity index (χ0) is 16.4. The van der Waals surface area contributed by atoms with Gasteiger partial charge >= 0.3 is 5.69 Å². The molecule has 0 unspecified atom stereocenters. The van der Waals surface area contributed by atoms with Gasteiger partial charge in [-0.15, -0.1) is 0 Å². The molecule has 1 aromatic heterocycles. The standard InChI is InChI=1S/C16H20Cl2N4O/c1-20-16(23)22-9-8-21(11-15(22)19-20)7-3-2-4-12-5-6-13(17)14(18)10-12/h5-6,10H,2-4,7-9,11H2,1H3. The van der Waals surface area contributed by atoms with Crippen LogP contribution < -0.4 is 5.69 Å². The summed E-state index contributed by atoms with van der Waals surface area (Å²) in [5.41, 5.74) is 1.20. The fourth-order valence-corrected chi connectivity index (χ4v) is 3.29. The minimum Gasteiger partial charge on any atom is -0.294 e.